The van der Waals surface area contributed by atoms with Crippen LogP contribution < -0.4 is 5.32 Å². The van der Waals surface area contributed by atoms with Crippen LogP contribution in [0.15, 0.2) is 85.1 Å². The Morgan fingerprint density at radius 2 is 1.52 bits per heavy atom. The quantitative estimate of drug-likeness (QED) is 0.586. The SMILES string of the molecule is Cc1nc2ccccn2c1CNC(=O)C(c1ccccc1)c1ccccc1. The van der Waals surface area contributed by atoms with Gasteiger partial charge in [0.05, 0.1) is 23.9 Å². The van der Waals surface area contributed by atoms with Crippen LogP contribution in [0.2, 0.25) is 0 Å². The average molecular weight is 355 g/mol. The van der Waals surface area contributed by atoms with E-state index in [-0.39, 0.29) is 11.8 Å². The van der Waals surface area contributed by atoms with Crippen LogP contribution in [0.3, 0.4) is 0 Å². The minimum atomic E-state index is -0.341. The van der Waals surface area contributed by atoms with Gasteiger partial charge in [-0.05, 0) is 30.2 Å². The second kappa shape index (κ2) is 7.46. The highest BCUT2D eigenvalue weighted by atomic mass is 16.1. The normalized spacial score (nSPS) is 11.0. The van der Waals surface area contributed by atoms with Gasteiger partial charge in [0.2, 0.25) is 5.91 Å². The summed E-state index contributed by atoms with van der Waals surface area (Å²) in [5, 5.41) is 3.12. The fraction of sp³-hybridized carbons (Fsp3) is 0.130. The van der Waals surface area contributed by atoms with Gasteiger partial charge >= 0.3 is 0 Å². The van der Waals surface area contributed by atoms with Crippen molar-refractivity contribution in [2.45, 2.75) is 19.4 Å². The number of nitrogens with zero attached hydrogens (tertiary/aromatic N) is 2. The molecule has 0 bridgehead atoms. The number of imidazole rings is 1. The minimum Gasteiger partial charge on any atom is -0.350 e. The largest absolute Gasteiger partial charge is 0.350 e. The van der Waals surface area contributed by atoms with Gasteiger partial charge in [-0.2, -0.15) is 0 Å². The molecule has 0 radical (unpaired) electrons. The van der Waals surface area contributed by atoms with Gasteiger partial charge in [0.25, 0.3) is 0 Å². The topological polar surface area (TPSA) is 46.4 Å². The van der Waals surface area contributed by atoms with E-state index in [4.69, 9.17) is 0 Å². The minimum absolute atomic E-state index is 0.0160. The predicted molar refractivity (Wildman–Crippen MR) is 107 cm³/mol. The van der Waals surface area contributed by atoms with Crippen LogP contribution in [0.1, 0.15) is 28.4 Å². The fourth-order valence-corrected chi connectivity index (χ4v) is 3.44. The summed E-state index contributed by atoms with van der Waals surface area (Å²) in [5.74, 6) is -0.357. The molecule has 0 fully saturated rings. The number of aryl methyl sites for hydroxylation is 1. The van der Waals surface area contributed by atoms with Crippen LogP contribution >= 0.6 is 0 Å². The summed E-state index contributed by atoms with van der Waals surface area (Å²) in [7, 11) is 0. The molecule has 0 aliphatic heterocycles. The Morgan fingerprint density at radius 3 is 2.15 bits per heavy atom. The third-order valence-electron chi connectivity index (χ3n) is 4.79. The average Bonchev–Trinajstić information content (AvgIpc) is 3.03. The molecule has 2 aromatic carbocycles. The Morgan fingerprint density at radius 1 is 0.926 bits per heavy atom. The maximum atomic E-state index is 13.1. The van der Waals surface area contributed by atoms with Gasteiger partial charge in [0.15, 0.2) is 0 Å². The van der Waals surface area contributed by atoms with Crippen molar-refractivity contribution in [1.29, 1.82) is 0 Å². The Kier molecular flexibility index (Phi) is 4.71. The van der Waals surface area contributed by atoms with Crippen molar-refractivity contribution in [3.05, 3.63) is 108 Å². The van der Waals surface area contributed by atoms with E-state index in [1.165, 1.54) is 0 Å². The second-order valence-corrected chi connectivity index (χ2v) is 6.54. The number of nitrogens with one attached hydrogen (secondary N) is 1. The lowest BCUT2D eigenvalue weighted by Gasteiger charge is -2.18. The van der Waals surface area contributed by atoms with E-state index in [0.717, 1.165) is 28.2 Å². The molecule has 2 aromatic heterocycles. The first-order chi connectivity index (χ1) is 13.2. The Balaban J connectivity index is 1.62. The summed E-state index contributed by atoms with van der Waals surface area (Å²) < 4.78 is 2.02. The molecule has 0 spiro atoms. The van der Waals surface area contributed by atoms with Crippen molar-refractivity contribution >= 4 is 11.6 Å². The Labute approximate surface area is 158 Å². The van der Waals surface area contributed by atoms with Gasteiger partial charge < -0.3 is 9.72 Å². The van der Waals surface area contributed by atoms with Crippen LogP contribution in [0.4, 0.5) is 0 Å². The molecule has 4 rings (SSSR count). The molecule has 0 aliphatic rings. The lowest BCUT2D eigenvalue weighted by Crippen LogP contribution is -2.30. The highest BCUT2D eigenvalue weighted by Gasteiger charge is 2.22. The van der Waals surface area contributed by atoms with E-state index in [0.29, 0.717) is 6.54 Å². The molecule has 4 heteroatoms. The van der Waals surface area contributed by atoms with Gasteiger partial charge in [0.1, 0.15) is 5.65 Å². The van der Waals surface area contributed by atoms with E-state index in [1.54, 1.807) is 0 Å². The summed E-state index contributed by atoms with van der Waals surface area (Å²) >= 11 is 0. The number of aromatic nitrogens is 2. The highest BCUT2D eigenvalue weighted by molar-refractivity contribution is 5.87. The summed E-state index contributed by atoms with van der Waals surface area (Å²) in [6.07, 6.45) is 1.97. The van der Waals surface area contributed by atoms with Gasteiger partial charge in [0, 0.05) is 6.20 Å². The van der Waals surface area contributed by atoms with E-state index >= 15 is 0 Å². The van der Waals surface area contributed by atoms with E-state index in [9.17, 15) is 4.79 Å². The lowest BCUT2D eigenvalue weighted by molar-refractivity contribution is -0.121. The number of benzene rings is 2. The molecular formula is C23H21N3O. The Bertz CT molecular complexity index is 1020. The number of rotatable bonds is 5. The monoisotopic (exact) mass is 355 g/mol. The van der Waals surface area contributed by atoms with Gasteiger partial charge in [-0.25, -0.2) is 4.98 Å². The number of fused-ring (bicyclic) bond motifs is 1. The van der Waals surface area contributed by atoms with Gasteiger partial charge in [-0.15, -0.1) is 0 Å². The van der Waals surface area contributed by atoms with Crippen LogP contribution in [0.25, 0.3) is 5.65 Å². The fourth-order valence-electron chi connectivity index (χ4n) is 3.44. The molecule has 27 heavy (non-hydrogen) atoms. The maximum absolute atomic E-state index is 13.1. The van der Waals surface area contributed by atoms with Gasteiger partial charge in [-0.1, -0.05) is 66.7 Å². The molecule has 2 heterocycles. The summed E-state index contributed by atoms with van der Waals surface area (Å²) in [6.45, 7) is 2.41. The molecular weight excluding hydrogens is 334 g/mol. The number of hydrogen-bond acceptors (Lipinski definition) is 2. The van der Waals surface area contributed by atoms with Crippen LogP contribution in [0, 0.1) is 6.92 Å². The van der Waals surface area contributed by atoms with Crippen molar-refractivity contribution in [3.63, 3.8) is 0 Å². The third kappa shape index (κ3) is 3.47. The summed E-state index contributed by atoms with van der Waals surface area (Å²) in [4.78, 5) is 17.7. The molecule has 0 saturated heterocycles. The lowest BCUT2D eigenvalue weighted by atomic mass is 9.90. The zero-order valence-electron chi connectivity index (χ0n) is 15.2. The highest BCUT2D eigenvalue weighted by Crippen LogP contribution is 2.25. The Hall–Kier alpha value is -3.40. The zero-order chi connectivity index (χ0) is 18.6. The molecule has 0 saturated carbocycles. The number of amides is 1. The van der Waals surface area contributed by atoms with Crippen molar-refractivity contribution in [1.82, 2.24) is 14.7 Å². The number of pyridine rings is 1. The van der Waals surface area contributed by atoms with Gasteiger partial charge in [-0.3, -0.25) is 4.79 Å². The third-order valence-corrected chi connectivity index (χ3v) is 4.79. The van der Waals surface area contributed by atoms with E-state index < -0.39 is 0 Å². The molecule has 4 aromatic rings. The molecule has 0 unspecified atom stereocenters. The number of carbonyl (C=O) groups is 1. The van der Waals surface area contributed by atoms with Crippen molar-refractivity contribution in [2.75, 3.05) is 0 Å². The number of hydrogen-bond donors (Lipinski definition) is 1. The van der Waals surface area contributed by atoms with E-state index in [2.05, 4.69) is 10.3 Å². The second-order valence-electron chi connectivity index (χ2n) is 6.54. The molecule has 134 valence electrons. The molecule has 0 atom stereocenters. The standard InChI is InChI=1S/C23H21N3O/c1-17-20(26-15-9-8-14-21(26)25-17)16-24-23(27)22(18-10-4-2-5-11-18)19-12-6-3-7-13-19/h2-15,22H,16H2,1H3,(H,24,27). The first-order valence-electron chi connectivity index (χ1n) is 9.04. The first kappa shape index (κ1) is 17.0. The maximum Gasteiger partial charge on any atom is 0.232 e. The van der Waals surface area contributed by atoms with Crippen LogP contribution in [-0.2, 0) is 11.3 Å². The molecule has 1 N–H and O–H groups in total. The van der Waals surface area contributed by atoms with Crippen molar-refractivity contribution in [3.8, 4) is 0 Å². The molecule has 0 aliphatic carbocycles. The van der Waals surface area contributed by atoms with Crippen LogP contribution in [0.5, 0.6) is 0 Å². The van der Waals surface area contributed by atoms with Crippen molar-refractivity contribution < 1.29 is 4.79 Å². The van der Waals surface area contributed by atoms with Crippen LogP contribution in [-0.4, -0.2) is 15.3 Å². The predicted octanol–water partition coefficient (Wildman–Crippen LogP) is 4.09. The van der Waals surface area contributed by atoms with Crippen molar-refractivity contribution in [2.24, 2.45) is 0 Å². The molecule has 1 amide bonds. The zero-order valence-corrected chi connectivity index (χ0v) is 15.2. The first-order valence-corrected chi connectivity index (χ1v) is 9.04. The molecule has 4 nitrogen and oxygen atoms in total. The van der Waals surface area contributed by atoms with E-state index in [1.807, 2.05) is 96.4 Å². The summed E-state index contributed by atoms with van der Waals surface area (Å²) in [6, 6.07) is 25.7. The smallest absolute Gasteiger partial charge is 0.232 e. The number of carbonyl (C=O) groups excluding carboxylic acids is 1. The summed E-state index contributed by atoms with van der Waals surface area (Å²) in [5.41, 5.74) is 4.78.